The standard InChI is InChI=1S/C12H23N3O2/c1-10(16)14-15-12(17)9-13-11-7-5-3-2-4-6-8-11/h11,13H,2-9H2,1H3,(H,14,16)(H,15,17)/p+1. The summed E-state index contributed by atoms with van der Waals surface area (Å²) in [4.78, 5) is 22.0. The second-order valence-corrected chi connectivity index (χ2v) is 4.77. The average Bonchev–Trinajstić information content (AvgIpc) is 2.24. The lowest BCUT2D eigenvalue weighted by Crippen LogP contribution is -2.92. The molecule has 1 saturated carbocycles. The molecule has 0 aromatic heterocycles. The van der Waals surface area contributed by atoms with E-state index in [2.05, 4.69) is 16.2 Å². The molecule has 0 bridgehead atoms. The van der Waals surface area contributed by atoms with Crippen LogP contribution in [-0.2, 0) is 9.59 Å². The van der Waals surface area contributed by atoms with Crippen LogP contribution < -0.4 is 16.2 Å². The van der Waals surface area contributed by atoms with Gasteiger partial charge in [-0.05, 0) is 25.7 Å². The number of nitrogens with two attached hydrogens (primary N) is 1. The van der Waals surface area contributed by atoms with E-state index >= 15 is 0 Å². The van der Waals surface area contributed by atoms with Gasteiger partial charge in [-0.25, -0.2) is 0 Å². The first-order chi connectivity index (χ1) is 8.18. The molecule has 0 aromatic carbocycles. The SMILES string of the molecule is CC(=O)NNC(=O)C[NH2+]C1CCCCCCC1. The Morgan fingerprint density at radius 3 is 2.24 bits per heavy atom. The van der Waals surface area contributed by atoms with Gasteiger partial charge < -0.3 is 5.32 Å². The Morgan fingerprint density at radius 2 is 1.65 bits per heavy atom. The summed E-state index contributed by atoms with van der Waals surface area (Å²) in [7, 11) is 0. The number of hydrogen-bond donors (Lipinski definition) is 3. The van der Waals surface area contributed by atoms with Gasteiger partial charge in [0.15, 0.2) is 6.54 Å². The van der Waals surface area contributed by atoms with Crippen LogP contribution in [0.5, 0.6) is 0 Å². The van der Waals surface area contributed by atoms with Crippen LogP contribution in [-0.4, -0.2) is 24.4 Å². The molecule has 1 aliphatic carbocycles. The lowest BCUT2D eigenvalue weighted by atomic mass is 9.97. The molecule has 98 valence electrons. The van der Waals surface area contributed by atoms with Crippen molar-refractivity contribution < 1.29 is 14.9 Å². The average molecular weight is 242 g/mol. The number of hydrogen-bond acceptors (Lipinski definition) is 2. The van der Waals surface area contributed by atoms with Crippen LogP contribution in [0.3, 0.4) is 0 Å². The maximum absolute atomic E-state index is 11.4. The maximum Gasteiger partial charge on any atom is 0.293 e. The molecule has 4 N–H and O–H groups in total. The van der Waals surface area contributed by atoms with Crippen LogP contribution >= 0.6 is 0 Å². The lowest BCUT2D eigenvalue weighted by Gasteiger charge is -2.17. The largest absolute Gasteiger partial charge is 0.336 e. The quantitative estimate of drug-likeness (QED) is 0.601. The molecule has 1 fully saturated rings. The van der Waals surface area contributed by atoms with E-state index in [4.69, 9.17) is 0 Å². The molecule has 17 heavy (non-hydrogen) atoms. The summed E-state index contributed by atoms with van der Waals surface area (Å²) in [6.07, 6.45) is 8.95. The van der Waals surface area contributed by atoms with Gasteiger partial charge in [-0.2, -0.15) is 0 Å². The van der Waals surface area contributed by atoms with Gasteiger partial charge in [0.2, 0.25) is 5.91 Å². The number of carbonyl (C=O) groups is 2. The van der Waals surface area contributed by atoms with E-state index < -0.39 is 0 Å². The summed E-state index contributed by atoms with van der Waals surface area (Å²) < 4.78 is 0. The maximum atomic E-state index is 11.4. The Morgan fingerprint density at radius 1 is 1.06 bits per heavy atom. The molecule has 2 amide bonds. The fourth-order valence-corrected chi connectivity index (χ4v) is 2.21. The third-order valence-corrected chi connectivity index (χ3v) is 3.16. The fraction of sp³-hybridized carbons (Fsp3) is 0.833. The van der Waals surface area contributed by atoms with Crippen LogP contribution in [0, 0.1) is 0 Å². The second-order valence-electron chi connectivity index (χ2n) is 4.77. The minimum Gasteiger partial charge on any atom is -0.336 e. The van der Waals surface area contributed by atoms with E-state index in [1.165, 1.54) is 51.9 Å². The smallest absolute Gasteiger partial charge is 0.293 e. The molecular formula is C12H24N3O2+. The van der Waals surface area contributed by atoms with Gasteiger partial charge in [0.1, 0.15) is 0 Å². The molecule has 0 spiro atoms. The molecule has 0 atom stereocenters. The predicted octanol–water partition coefficient (Wildman–Crippen LogP) is -0.170. The summed E-state index contributed by atoms with van der Waals surface area (Å²) >= 11 is 0. The highest BCUT2D eigenvalue weighted by molar-refractivity contribution is 5.81. The Labute approximate surface area is 103 Å². The van der Waals surface area contributed by atoms with Crippen LogP contribution in [0.2, 0.25) is 0 Å². The number of rotatable bonds is 3. The summed E-state index contributed by atoms with van der Waals surface area (Å²) in [5.41, 5.74) is 4.68. The summed E-state index contributed by atoms with van der Waals surface area (Å²) in [6, 6.07) is 0.568. The molecule has 0 unspecified atom stereocenters. The molecule has 0 saturated heterocycles. The van der Waals surface area contributed by atoms with Crippen molar-refractivity contribution in [1.82, 2.24) is 10.9 Å². The Bertz CT molecular complexity index is 248. The van der Waals surface area contributed by atoms with E-state index in [0.29, 0.717) is 12.6 Å². The molecule has 0 aromatic rings. The highest BCUT2D eigenvalue weighted by atomic mass is 16.2. The minimum absolute atomic E-state index is 0.137. The van der Waals surface area contributed by atoms with Crippen LogP contribution in [0.25, 0.3) is 0 Å². The van der Waals surface area contributed by atoms with Crippen LogP contribution in [0.15, 0.2) is 0 Å². The Kier molecular flexibility index (Phi) is 6.62. The van der Waals surface area contributed by atoms with E-state index in [1.807, 2.05) is 0 Å². The first-order valence-corrected chi connectivity index (χ1v) is 6.57. The highest BCUT2D eigenvalue weighted by Crippen LogP contribution is 2.14. The van der Waals surface area contributed by atoms with Gasteiger partial charge in [0.25, 0.3) is 5.91 Å². The summed E-state index contributed by atoms with van der Waals surface area (Å²) in [6.45, 7) is 1.77. The van der Waals surface area contributed by atoms with Crippen molar-refractivity contribution in [3.8, 4) is 0 Å². The molecule has 1 rings (SSSR count). The first-order valence-electron chi connectivity index (χ1n) is 6.57. The molecule has 1 aliphatic rings. The molecular weight excluding hydrogens is 218 g/mol. The van der Waals surface area contributed by atoms with E-state index in [9.17, 15) is 9.59 Å². The van der Waals surface area contributed by atoms with Crippen molar-refractivity contribution in [1.29, 1.82) is 0 Å². The molecule has 0 radical (unpaired) electrons. The second kappa shape index (κ2) is 8.06. The monoisotopic (exact) mass is 242 g/mol. The van der Waals surface area contributed by atoms with Gasteiger partial charge in [-0.15, -0.1) is 0 Å². The Balaban J connectivity index is 2.14. The Hall–Kier alpha value is -1.10. The van der Waals surface area contributed by atoms with Gasteiger partial charge in [0, 0.05) is 6.92 Å². The van der Waals surface area contributed by atoms with E-state index in [0.717, 1.165) is 0 Å². The zero-order valence-corrected chi connectivity index (χ0v) is 10.6. The number of nitrogens with one attached hydrogen (secondary N) is 2. The number of quaternary nitrogens is 1. The van der Waals surface area contributed by atoms with Gasteiger partial charge >= 0.3 is 0 Å². The number of hydrazine groups is 1. The molecule has 0 aliphatic heterocycles. The van der Waals surface area contributed by atoms with Crippen molar-refractivity contribution in [3.63, 3.8) is 0 Å². The van der Waals surface area contributed by atoms with Crippen molar-refractivity contribution in [2.75, 3.05) is 6.54 Å². The van der Waals surface area contributed by atoms with Gasteiger partial charge in [0.05, 0.1) is 6.04 Å². The lowest BCUT2D eigenvalue weighted by molar-refractivity contribution is -0.680. The van der Waals surface area contributed by atoms with Gasteiger partial charge in [-0.3, -0.25) is 20.4 Å². The normalized spacial score (nSPS) is 17.9. The van der Waals surface area contributed by atoms with Crippen molar-refractivity contribution in [2.24, 2.45) is 0 Å². The number of amides is 2. The van der Waals surface area contributed by atoms with E-state index in [-0.39, 0.29) is 11.8 Å². The molecule has 5 nitrogen and oxygen atoms in total. The van der Waals surface area contributed by atoms with Crippen LogP contribution in [0.1, 0.15) is 51.9 Å². The molecule has 5 heteroatoms. The van der Waals surface area contributed by atoms with Crippen molar-refractivity contribution in [2.45, 2.75) is 57.9 Å². The first kappa shape index (κ1) is 14.0. The van der Waals surface area contributed by atoms with E-state index in [1.54, 1.807) is 0 Å². The minimum atomic E-state index is -0.246. The highest BCUT2D eigenvalue weighted by Gasteiger charge is 2.15. The predicted molar refractivity (Wildman–Crippen MR) is 64.9 cm³/mol. The topological polar surface area (TPSA) is 74.8 Å². The zero-order chi connectivity index (χ0) is 12.5. The fourth-order valence-electron chi connectivity index (χ4n) is 2.21. The zero-order valence-electron chi connectivity index (χ0n) is 10.6. The number of carbonyl (C=O) groups excluding carboxylic acids is 2. The summed E-state index contributed by atoms with van der Waals surface area (Å²) in [5, 5.41) is 2.10. The third-order valence-electron chi connectivity index (χ3n) is 3.16. The van der Waals surface area contributed by atoms with Crippen molar-refractivity contribution in [3.05, 3.63) is 0 Å². The molecule has 0 heterocycles. The van der Waals surface area contributed by atoms with Crippen LogP contribution in [0.4, 0.5) is 0 Å². The summed E-state index contributed by atoms with van der Waals surface area (Å²) in [5.74, 6) is -0.383. The van der Waals surface area contributed by atoms with Crippen molar-refractivity contribution >= 4 is 11.8 Å². The third kappa shape index (κ3) is 6.94. The van der Waals surface area contributed by atoms with Gasteiger partial charge in [-0.1, -0.05) is 19.3 Å².